The minimum atomic E-state index is -5.18. The molecule has 1 heterocycles. The number of carbonyl (C=O) groups excluding carboxylic acids is 4. The summed E-state index contributed by atoms with van der Waals surface area (Å²) in [7, 11) is -2.01. The van der Waals surface area contributed by atoms with Crippen molar-refractivity contribution < 1.29 is 32.3 Å². The number of nitriles is 1. The predicted octanol–water partition coefficient (Wildman–Crippen LogP) is 2.22. The van der Waals surface area contributed by atoms with Gasteiger partial charge in [0.1, 0.15) is 18.1 Å². The van der Waals surface area contributed by atoms with Crippen LogP contribution in [0.25, 0.3) is 0 Å². The van der Waals surface area contributed by atoms with Crippen LogP contribution in [0, 0.1) is 22.7 Å². The van der Waals surface area contributed by atoms with Crippen molar-refractivity contribution in [1.82, 2.24) is 21.3 Å². The zero-order valence-electron chi connectivity index (χ0n) is 22.1. The molecular formula is C23H38F3N5O4Si. The maximum absolute atomic E-state index is 13.1. The zero-order valence-corrected chi connectivity index (χ0v) is 23.1. The Morgan fingerprint density at radius 3 is 2.06 bits per heavy atom. The lowest BCUT2D eigenvalue weighted by molar-refractivity contribution is -0.175. The minimum absolute atomic E-state index is 0.0807. The number of nitrogens with one attached hydrogen (secondary N) is 4. The number of alkyl halides is 3. The van der Waals surface area contributed by atoms with E-state index in [1.807, 2.05) is 39.6 Å². The molecule has 1 saturated heterocycles. The average molecular weight is 534 g/mol. The fourth-order valence-corrected chi connectivity index (χ4v) is 5.56. The van der Waals surface area contributed by atoms with Crippen molar-refractivity contribution in [3.63, 3.8) is 0 Å². The van der Waals surface area contributed by atoms with Crippen LogP contribution in [0.15, 0.2) is 0 Å². The summed E-state index contributed by atoms with van der Waals surface area (Å²) in [5, 5.41) is 19.2. The molecule has 1 aliphatic rings. The summed E-state index contributed by atoms with van der Waals surface area (Å²) in [5.74, 6) is -4.56. The van der Waals surface area contributed by atoms with Gasteiger partial charge < -0.3 is 21.3 Å². The first-order valence-electron chi connectivity index (χ1n) is 11.8. The third-order valence-corrected chi connectivity index (χ3v) is 7.33. The maximum Gasteiger partial charge on any atom is 0.471 e. The summed E-state index contributed by atoms with van der Waals surface area (Å²) in [6, 6.07) is -1.50. The smallest absolute Gasteiger partial charge is 0.351 e. The normalized spacial score (nSPS) is 20.4. The molecule has 13 heteroatoms. The quantitative estimate of drug-likeness (QED) is 0.337. The Balaban J connectivity index is 3.07. The lowest BCUT2D eigenvalue weighted by Gasteiger charge is -2.33. The second-order valence-electron chi connectivity index (χ2n) is 12.3. The Labute approximate surface area is 211 Å². The van der Waals surface area contributed by atoms with Crippen molar-refractivity contribution >= 4 is 31.7 Å². The van der Waals surface area contributed by atoms with Crippen molar-refractivity contribution in [3.05, 3.63) is 0 Å². The van der Waals surface area contributed by atoms with E-state index in [2.05, 4.69) is 16.0 Å². The van der Waals surface area contributed by atoms with Crippen LogP contribution in [0.5, 0.6) is 0 Å². The molecule has 9 nitrogen and oxygen atoms in total. The number of nitrogens with zero attached hydrogens (tertiary/aromatic N) is 1. The van der Waals surface area contributed by atoms with Crippen LogP contribution in [0.4, 0.5) is 13.2 Å². The second-order valence-corrected chi connectivity index (χ2v) is 17.8. The van der Waals surface area contributed by atoms with Gasteiger partial charge in [-0.25, -0.2) is 0 Å². The van der Waals surface area contributed by atoms with E-state index in [9.17, 15) is 37.6 Å². The predicted molar refractivity (Wildman–Crippen MR) is 130 cm³/mol. The molecule has 0 aromatic heterocycles. The summed E-state index contributed by atoms with van der Waals surface area (Å²) in [6.45, 7) is 14.0. The molecule has 1 aliphatic heterocycles. The summed E-state index contributed by atoms with van der Waals surface area (Å²) in [4.78, 5) is 49.9. The van der Waals surface area contributed by atoms with Gasteiger partial charge >= 0.3 is 12.1 Å². The summed E-state index contributed by atoms with van der Waals surface area (Å²) < 4.78 is 38.5. The molecule has 4 amide bonds. The Kier molecular flexibility index (Phi) is 9.76. The number of hydrogen-bond donors (Lipinski definition) is 4. The molecule has 0 bridgehead atoms. The van der Waals surface area contributed by atoms with Gasteiger partial charge in [-0.05, 0) is 38.1 Å². The molecule has 204 valence electrons. The van der Waals surface area contributed by atoms with E-state index >= 15 is 0 Å². The molecule has 4 atom stereocenters. The Morgan fingerprint density at radius 2 is 1.67 bits per heavy atom. The van der Waals surface area contributed by atoms with Crippen LogP contribution in [-0.4, -0.2) is 61.5 Å². The van der Waals surface area contributed by atoms with Crippen LogP contribution >= 0.6 is 0 Å². The van der Waals surface area contributed by atoms with E-state index in [0.717, 1.165) is 0 Å². The maximum atomic E-state index is 13.1. The zero-order chi connectivity index (χ0) is 28.3. The molecule has 4 unspecified atom stereocenters. The summed E-state index contributed by atoms with van der Waals surface area (Å²) in [6.07, 6.45) is -4.61. The second kappa shape index (κ2) is 11.2. The van der Waals surface area contributed by atoms with Gasteiger partial charge in [0, 0.05) is 19.5 Å². The third kappa shape index (κ3) is 9.79. The first-order valence-corrected chi connectivity index (χ1v) is 15.5. The van der Waals surface area contributed by atoms with Crippen molar-refractivity contribution in [2.45, 2.75) is 103 Å². The first-order chi connectivity index (χ1) is 16.1. The van der Waals surface area contributed by atoms with Gasteiger partial charge in [-0.1, -0.05) is 40.4 Å². The van der Waals surface area contributed by atoms with Crippen molar-refractivity contribution in [2.75, 3.05) is 0 Å². The molecule has 1 fully saturated rings. The monoisotopic (exact) mass is 533 g/mol. The molecule has 0 radical (unpaired) electrons. The topological polar surface area (TPSA) is 140 Å². The van der Waals surface area contributed by atoms with Gasteiger partial charge in [0.05, 0.1) is 6.07 Å². The van der Waals surface area contributed by atoms with E-state index in [1.165, 1.54) is 20.8 Å². The Morgan fingerprint density at radius 1 is 1.11 bits per heavy atom. The van der Waals surface area contributed by atoms with E-state index in [1.54, 1.807) is 5.32 Å². The average Bonchev–Trinajstić information content (AvgIpc) is 2.92. The van der Waals surface area contributed by atoms with Crippen LogP contribution < -0.4 is 21.3 Å². The lowest BCUT2D eigenvalue weighted by atomic mass is 9.86. The van der Waals surface area contributed by atoms with E-state index in [-0.39, 0.29) is 18.4 Å². The van der Waals surface area contributed by atoms with E-state index in [4.69, 9.17) is 0 Å². The standard InChI is InChI=1S/C23H38F3N5O4Si/c1-21(2,3)16(30-20(35)23(24,25)26)19(34)29-15(12-36(6,7)8)18(33)28-14(11-27)9-13-10-22(4,5)31-17(13)32/h13-16H,9-10,12H2,1-8H3,(H,28,33)(H,29,34)(H,30,35)(H,31,32). The summed E-state index contributed by atoms with van der Waals surface area (Å²) >= 11 is 0. The van der Waals surface area contributed by atoms with Gasteiger partial charge in [0.25, 0.3) is 0 Å². The fourth-order valence-electron chi connectivity index (χ4n) is 4.05. The van der Waals surface area contributed by atoms with Gasteiger partial charge in [-0.3, -0.25) is 19.2 Å². The van der Waals surface area contributed by atoms with Gasteiger partial charge in [-0.15, -0.1) is 0 Å². The highest BCUT2D eigenvalue weighted by molar-refractivity contribution is 6.76. The van der Waals surface area contributed by atoms with Crippen LogP contribution in [0.1, 0.15) is 47.5 Å². The molecule has 36 heavy (non-hydrogen) atoms. The number of carbonyl (C=O) groups is 4. The van der Waals surface area contributed by atoms with Gasteiger partial charge in [0.2, 0.25) is 17.7 Å². The van der Waals surface area contributed by atoms with Gasteiger partial charge in [0.15, 0.2) is 0 Å². The van der Waals surface area contributed by atoms with Crippen molar-refractivity contribution in [1.29, 1.82) is 5.26 Å². The highest BCUT2D eigenvalue weighted by Crippen LogP contribution is 2.28. The van der Waals surface area contributed by atoms with E-state index in [0.29, 0.717) is 6.42 Å². The third-order valence-electron chi connectivity index (χ3n) is 5.69. The van der Waals surface area contributed by atoms with Crippen LogP contribution in [0.3, 0.4) is 0 Å². The molecule has 0 aromatic carbocycles. The van der Waals surface area contributed by atoms with E-state index < -0.39 is 67.0 Å². The molecule has 1 rings (SSSR count). The summed E-state index contributed by atoms with van der Waals surface area (Å²) in [5.41, 5.74) is -1.52. The fraction of sp³-hybridized carbons (Fsp3) is 0.783. The molecular weight excluding hydrogens is 495 g/mol. The number of rotatable bonds is 9. The highest BCUT2D eigenvalue weighted by atomic mass is 28.3. The number of hydrogen-bond acceptors (Lipinski definition) is 5. The molecule has 4 N–H and O–H groups in total. The SMILES string of the molecule is CC1(C)CC(CC(C#N)NC(=O)C(C[Si](C)(C)C)NC(=O)C(NC(=O)C(F)(F)F)C(C)(C)C)C(=O)N1. The highest BCUT2D eigenvalue weighted by Gasteiger charge is 2.44. The van der Waals surface area contributed by atoms with Crippen molar-refractivity contribution in [2.24, 2.45) is 11.3 Å². The molecule has 0 aromatic rings. The molecule has 0 aliphatic carbocycles. The molecule has 0 saturated carbocycles. The van der Waals surface area contributed by atoms with Crippen LogP contribution in [-0.2, 0) is 19.2 Å². The Hall–Kier alpha value is -2.62. The number of amides is 4. The largest absolute Gasteiger partial charge is 0.471 e. The minimum Gasteiger partial charge on any atom is -0.351 e. The molecule has 0 spiro atoms. The first kappa shape index (κ1) is 31.4. The number of halogens is 3. The van der Waals surface area contributed by atoms with Gasteiger partial charge in [-0.2, -0.15) is 18.4 Å². The van der Waals surface area contributed by atoms with Crippen LogP contribution in [0.2, 0.25) is 25.7 Å². The van der Waals surface area contributed by atoms with Crippen molar-refractivity contribution in [3.8, 4) is 6.07 Å². The Bertz CT molecular complexity index is 903. The lowest BCUT2D eigenvalue weighted by Crippen LogP contribution is -2.60.